The summed E-state index contributed by atoms with van der Waals surface area (Å²) in [5, 5.41) is 6.74. The first-order chi connectivity index (χ1) is 15.3. The molecule has 1 aromatic heterocycles. The van der Waals surface area contributed by atoms with Crippen molar-refractivity contribution < 1.29 is 23.2 Å². The number of rotatable bonds is 5. The summed E-state index contributed by atoms with van der Waals surface area (Å²) in [6.07, 6.45) is 2.31. The van der Waals surface area contributed by atoms with E-state index in [9.17, 15) is 14.0 Å². The van der Waals surface area contributed by atoms with Gasteiger partial charge in [-0.2, -0.15) is 0 Å². The van der Waals surface area contributed by atoms with Gasteiger partial charge in [-0.05, 0) is 62.7 Å². The standard InChI is InChI=1S/C24H22FN3O4/c1-14-20(15(2)32-27-14)13-28-21-12-19(9-10-22(21)31-16(3)24(28)30)26-23(29)11-6-17-4-7-18(25)8-5-17/h4-12,16H,13H2,1-3H3,(H,26,29)/b11-6+. The van der Waals surface area contributed by atoms with Crippen molar-refractivity contribution in [2.24, 2.45) is 0 Å². The van der Waals surface area contributed by atoms with Crippen molar-refractivity contribution in [3.63, 3.8) is 0 Å². The fraction of sp³-hybridized carbons (Fsp3) is 0.208. The average Bonchev–Trinajstić information content (AvgIpc) is 3.08. The molecule has 4 rings (SSSR count). The van der Waals surface area contributed by atoms with E-state index in [-0.39, 0.29) is 24.2 Å². The quantitative estimate of drug-likeness (QED) is 0.601. The molecule has 0 radical (unpaired) electrons. The molecular weight excluding hydrogens is 413 g/mol. The first-order valence-corrected chi connectivity index (χ1v) is 10.1. The summed E-state index contributed by atoms with van der Waals surface area (Å²) in [5.74, 6) is 0.295. The van der Waals surface area contributed by atoms with Crippen LogP contribution in [-0.2, 0) is 16.1 Å². The fourth-order valence-electron chi connectivity index (χ4n) is 3.46. The van der Waals surface area contributed by atoms with Crippen LogP contribution in [0.5, 0.6) is 5.75 Å². The number of halogens is 1. The van der Waals surface area contributed by atoms with Crippen molar-refractivity contribution >= 4 is 29.3 Å². The Hall–Kier alpha value is -3.94. The van der Waals surface area contributed by atoms with Gasteiger partial charge < -0.3 is 19.5 Å². The van der Waals surface area contributed by atoms with E-state index < -0.39 is 6.10 Å². The summed E-state index contributed by atoms with van der Waals surface area (Å²) >= 11 is 0. The molecule has 1 aliphatic heterocycles. The molecule has 2 heterocycles. The molecule has 1 N–H and O–H groups in total. The van der Waals surface area contributed by atoms with Crippen molar-refractivity contribution in [1.29, 1.82) is 0 Å². The van der Waals surface area contributed by atoms with Crippen LogP contribution >= 0.6 is 0 Å². The Morgan fingerprint density at radius 3 is 2.66 bits per heavy atom. The number of carbonyl (C=O) groups excluding carboxylic acids is 2. The highest BCUT2D eigenvalue weighted by Crippen LogP contribution is 2.37. The average molecular weight is 435 g/mol. The minimum absolute atomic E-state index is 0.197. The van der Waals surface area contributed by atoms with Crippen molar-refractivity contribution in [3.05, 3.63) is 76.9 Å². The van der Waals surface area contributed by atoms with Gasteiger partial charge in [-0.1, -0.05) is 17.3 Å². The third-order valence-corrected chi connectivity index (χ3v) is 5.23. The number of ether oxygens (including phenoxy) is 1. The maximum absolute atomic E-state index is 13.0. The molecule has 1 unspecified atom stereocenters. The maximum Gasteiger partial charge on any atom is 0.268 e. The van der Waals surface area contributed by atoms with Crippen LogP contribution in [0.25, 0.3) is 6.08 Å². The van der Waals surface area contributed by atoms with E-state index in [2.05, 4.69) is 10.5 Å². The van der Waals surface area contributed by atoms with Crippen LogP contribution in [-0.4, -0.2) is 23.1 Å². The van der Waals surface area contributed by atoms with Crippen molar-refractivity contribution in [1.82, 2.24) is 5.16 Å². The van der Waals surface area contributed by atoms with Gasteiger partial charge in [0, 0.05) is 17.3 Å². The number of nitrogens with zero attached hydrogens (tertiary/aromatic N) is 2. The topological polar surface area (TPSA) is 84.7 Å². The molecule has 0 spiro atoms. The number of aryl methyl sites for hydroxylation is 2. The molecule has 2 amide bonds. The molecule has 1 atom stereocenters. The lowest BCUT2D eigenvalue weighted by atomic mass is 10.1. The second-order valence-electron chi connectivity index (χ2n) is 7.54. The summed E-state index contributed by atoms with van der Waals surface area (Å²) in [4.78, 5) is 26.8. The summed E-state index contributed by atoms with van der Waals surface area (Å²) < 4.78 is 24.0. The Morgan fingerprint density at radius 1 is 1.22 bits per heavy atom. The molecule has 32 heavy (non-hydrogen) atoms. The lowest BCUT2D eigenvalue weighted by Gasteiger charge is -2.33. The molecule has 0 fully saturated rings. The number of nitrogens with one attached hydrogen (secondary N) is 1. The lowest BCUT2D eigenvalue weighted by Crippen LogP contribution is -2.44. The van der Waals surface area contributed by atoms with Gasteiger partial charge in [0.2, 0.25) is 5.91 Å². The predicted octanol–water partition coefficient (Wildman–Crippen LogP) is 4.40. The Bertz CT molecular complexity index is 1180. The predicted molar refractivity (Wildman–Crippen MR) is 118 cm³/mol. The summed E-state index contributed by atoms with van der Waals surface area (Å²) in [6, 6.07) is 10.9. The van der Waals surface area contributed by atoms with E-state index in [1.807, 2.05) is 6.92 Å². The minimum atomic E-state index is -0.637. The monoisotopic (exact) mass is 435 g/mol. The van der Waals surface area contributed by atoms with Gasteiger partial charge in [0.15, 0.2) is 6.10 Å². The zero-order valence-electron chi connectivity index (χ0n) is 17.9. The van der Waals surface area contributed by atoms with Gasteiger partial charge in [-0.25, -0.2) is 4.39 Å². The number of hydrogen-bond donors (Lipinski definition) is 1. The third kappa shape index (κ3) is 4.39. The summed E-state index contributed by atoms with van der Waals surface area (Å²) in [7, 11) is 0. The SMILES string of the molecule is Cc1noc(C)c1CN1C(=O)C(C)Oc2ccc(NC(=O)/C=C/c3ccc(F)cc3)cc21. The highest BCUT2D eigenvalue weighted by Gasteiger charge is 2.33. The molecule has 3 aromatic rings. The second kappa shape index (κ2) is 8.66. The van der Waals surface area contributed by atoms with Crippen LogP contribution in [0.4, 0.5) is 15.8 Å². The number of hydrogen-bond acceptors (Lipinski definition) is 5. The molecule has 8 heteroatoms. The van der Waals surface area contributed by atoms with Crippen LogP contribution in [0, 0.1) is 19.7 Å². The van der Waals surface area contributed by atoms with Crippen LogP contribution in [0.3, 0.4) is 0 Å². The first kappa shape index (κ1) is 21.3. The van der Waals surface area contributed by atoms with Crippen LogP contribution < -0.4 is 15.0 Å². The number of aromatic nitrogens is 1. The van der Waals surface area contributed by atoms with E-state index in [0.29, 0.717) is 34.1 Å². The van der Waals surface area contributed by atoms with E-state index in [1.165, 1.54) is 18.2 Å². The summed E-state index contributed by atoms with van der Waals surface area (Å²) in [6.45, 7) is 5.60. The maximum atomic E-state index is 13.0. The van der Waals surface area contributed by atoms with E-state index in [1.54, 1.807) is 55.2 Å². The molecule has 0 saturated carbocycles. The third-order valence-electron chi connectivity index (χ3n) is 5.23. The largest absolute Gasteiger partial charge is 0.479 e. The number of carbonyl (C=O) groups is 2. The molecule has 1 aliphatic rings. The second-order valence-corrected chi connectivity index (χ2v) is 7.54. The number of fused-ring (bicyclic) bond motifs is 1. The molecule has 0 saturated heterocycles. The first-order valence-electron chi connectivity index (χ1n) is 10.1. The Morgan fingerprint density at radius 2 is 1.97 bits per heavy atom. The van der Waals surface area contributed by atoms with E-state index in [0.717, 1.165) is 5.56 Å². The molecule has 0 aliphatic carbocycles. The Labute approximate surface area is 184 Å². The van der Waals surface area contributed by atoms with Gasteiger partial charge in [0.05, 0.1) is 17.9 Å². The molecule has 2 aromatic carbocycles. The van der Waals surface area contributed by atoms with Crippen LogP contribution in [0.1, 0.15) is 29.5 Å². The van der Waals surface area contributed by atoms with Gasteiger partial charge in [-0.3, -0.25) is 9.59 Å². The Balaban J connectivity index is 1.56. The highest BCUT2D eigenvalue weighted by atomic mass is 19.1. The number of amides is 2. The van der Waals surface area contributed by atoms with Crippen molar-refractivity contribution in [3.8, 4) is 5.75 Å². The highest BCUT2D eigenvalue weighted by molar-refractivity contribution is 6.04. The van der Waals surface area contributed by atoms with Gasteiger partial charge in [0.25, 0.3) is 5.91 Å². The lowest BCUT2D eigenvalue weighted by molar-refractivity contribution is -0.125. The van der Waals surface area contributed by atoms with E-state index in [4.69, 9.17) is 9.26 Å². The van der Waals surface area contributed by atoms with Crippen LogP contribution in [0.15, 0.2) is 53.1 Å². The molecule has 7 nitrogen and oxygen atoms in total. The Kier molecular flexibility index (Phi) is 5.77. The smallest absolute Gasteiger partial charge is 0.268 e. The molecular formula is C24H22FN3O4. The number of anilines is 2. The summed E-state index contributed by atoms with van der Waals surface area (Å²) in [5.41, 5.74) is 3.30. The fourth-order valence-corrected chi connectivity index (χ4v) is 3.46. The molecule has 164 valence electrons. The zero-order valence-corrected chi connectivity index (χ0v) is 17.9. The van der Waals surface area contributed by atoms with Crippen LogP contribution in [0.2, 0.25) is 0 Å². The number of benzene rings is 2. The van der Waals surface area contributed by atoms with E-state index >= 15 is 0 Å². The van der Waals surface area contributed by atoms with Crippen molar-refractivity contribution in [2.75, 3.05) is 10.2 Å². The zero-order chi connectivity index (χ0) is 22.8. The minimum Gasteiger partial charge on any atom is -0.479 e. The van der Waals surface area contributed by atoms with Crippen molar-refractivity contribution in [2.45, 2.75) is 33.4 Å². The van der Waals surface area contributed by atoms with Gasteiger partial charge in [-0.15, -0.1) is 0 Å². The molecule has 0 bridgehead atoms. The normalized spacial score (nSPS) is 15.6. The van der Waals surface area contributed by atoms with Gasteiger partial charge >= 0.3 is 0 Å². The van der Waals surface area contributed by atoms with Gasteiger partial charge in [0.1, 0.15) is 17.3 Å².